The van der Waals surface area contributed by atoms with Gasteiger partial charge in [0.15, 0.2) is 5.78 Å². The van der Waals surface area contributed by atoms with Crippen LogP contribution < -0.4 is 0 Å². The van der Waals surface area contributed by atoms with Gasteiger partial charge in [-0.25, -0.2) is 0 Å². The molecule has 3 saturated carbocycles. The molecule has 142 valence electrons. The highest BCUT2D eigenvalue weighted by Gasteiger charge is 2.60. The third-order valence-electron chi connectivity index (χ3n) is 8.61. The van der Waals surface area contributed by atoms with Gasteiger partial charge in [0.25, 0.3) is 0 Å². The summed E-state index contributed by atoms with van der Waals surface area (Å²) < 4.78 is 0. The molecule has 0 bridgehead atoms. The summed E-state index contributed by atoms with van der Waals surface area (Å²) in [5.41, 5.74) is 1.36. The molecule has 4 rings (SSSR count). The number of fused-ring (bicyclic) bond motifs is 5. The molecule has 0 aromatic heterocycles. The van der Waals surface area contributed by atoms with E-state index in [1.807, 2.05) is 6.08 Å². The van der Waals surface area contributed by atoms with Gasteiger partial charge < -0.3 is 0 Å². The van der Waals surface area contributed by atoms with Crippen molar-refractivity contribution in [1.29, 1.82) is 0 Å². The molecule has 0 saturated heterocycles. The lowest BCUT2D eigenvalue weighted by Gasteiger charge is -2.57. The Bertz CT molecular complexity index is 706. The fourth-order valence-electron chi connectivity index (χ4n) is 7.15. The summed E-state index contributed by atoms with van der Waals surface area (Å²) >= 11 is 0. The molecule has 4 aliphatic rings. The summed E-state index contributed by atoms with van der Waals surface area (Å²) in [6, 6.07) is 0. The van der Waals surface area contributed by atoms with E-state index in [2.05, 4.69) is 40.7 Å². The molecule has 0 aliphatic heterocycles. The van der Waals surface area contributed by atoms with E-state index < -0.39 is 0 Å². The highest BCUT2D eigenvalue weighted by molar-refractivity contribution is 6.01. The molecular weight excluding hydrogens is 320 g/mol. The van der Waals surface area contributed by atoms with Gasteiger partial charge in [-0.05, 0) is 73.8 Å². The Morgan fingerprint density at radius 2 is 1.81 bits per heavy atom. The van der Waals surface area contributed by atoms with Crippen molar-refractivity contribution in [2.75, 3.05) is 0 Å². The molecule has 26 heavy (non-hydrogen) atoms. The molecule has 0 radical (unpaired) electrons. The maximum Gasteiger partial charge on any atom is 0.178 e. The minimum absolute atomic E-state index is 0.0598. The molecule has 0 N–H and O–H groups in total. The van der Waals surface area contributed by atoms with Crippen molar-refractivity contribution >= 4 is 11.6 Å². The van der Waals surface area contributed by atoms with E-state index in [1.165, 1.54) is 24.8 Å². The second kappa shape index (κ2) is 5.66. The zero-order valence-electron chi connectivity index (χ0n) is 17.1. The number of rotatable bonds is 1. The number of hydrogen-bond donors (Lipinski definition) is 0. The summed E-state index contributed by atoms with van der Waals surface area (Å²) in [7, 11) is 0. The standard InChI is InChI=1S/C24H34O2/c1-22(2,3)21(26)20-9-8-18-17-7-6-15-14-16(25)10-12-23(15,4)19(17)11-13-24(18,20)5/h10,12,14,17-20H,6-9,11,13H2,1-5H3/t17-,18-,19-,20+,23-,24-/m0/s1. The fraction of sp³-hybridized carbons (Fsp3) is 0.750. The van der Waals surface area contributed by atoms with E-state index in [1.54, 1.807) is 6.08 Å². The Labute approximate surface area is 158 Å². The van der Waals surface area contributed by atoms with Crippen molar-refractivity contribution in [2.45, 2.75) is 73.1 Å². The van der Waals surface area contributed by atoms with Gasteiger partial charge in [-0.1, -0.05) is 46.3 Å². The molecule has 0 aromatic rings. The van der Waals surface area contributed by atoms with Crippen LogP contribution in [0.3, 0.4) is 0 Å². The quantitative estimate of drug-likeness (QED) is 0.621. The van der Waals surface area contributed by atoms with E-state index in [9.17, 15) is 9.59 Å². The number of carbonyl (C=O) groups is 2. The van der Waals surface area contributed by atoms with Gasteiger partial charge in [-0.2, -0.15) is 0 Å². The summed E-state index contributed by atoms with van der Waals surface area (Å²) in [6.07, 6.45) is 12.8. The van der Waals surface area contributed by atoms with Crippen molar-refractivity contribution in [3.05, 3.63) is 23.8 Å². The largest absolute Gasteiger partial charge is 0.299 e. The Morgan fingerprint density at radius 3 is 2.50 bits per heavy atom. The molecule has 0 amide bonds. The predicted molar refractivity (Wildman–Crippen MR) is 105 cm³/mol. The van der Waals surface area contributed by atoms with Gasteiger partial charge in [0.05, 0.1) is 0 Å². The van der Waals surface area contributed by atoms with Gasteiger partial charge in [0.1, 0.15) is 5.78 Å². The average Bonchev–Trinajstić information content (AvgIpc) is 2.91. The minimum Gasteiger partial charge on any atom is -0.299 e. The van der Waals surface area contributed by atoms with Crippen molar-refractivity contribution in [3.63, 3.8) is 0 Å². The first-order chi connectivity index (χ1) is 12.1. The van der Waals surface area contributed by atoms with Gasteiger partial charge in [0.2, 0.25) is 0 Å². The van der Waals surface area contributed by atoms with Crippen LogP contribution in [0.25, 0.3) is 0 Å². The maximum absolute atomic E-state index is 13.2. The molecule has 0 aromatic carbocycles. The van der Waals surface area contributed by atoms with Gasteiger partial charge in [-0.3, -0.25) is 9.59 Å². The smallest absolute Gasteiger partial charge is 0.178 e. The molecule has 2 nitrogen and oxygen atoms in total. The lowest BCUT2D eigenvalue weighted by atomic mass is 9.47. The highest BCUT2D eigenvalue weighted by atomic mass is 16.1. The average molecular weight is 355 g/mol. The van der Waals surface area contributed by atoms with Crippen molar-refractivity contribution in [3.8, 4) is 0 Å². The Balaban J connectivity index is 1.65. The normalized spacial score (nSPS) is 44.8. The van der Waals surface area contributed by atoms with Crippen LogP contribution in [0.1, 0.15) is 73.1 Å². The molecule has 0 unspecified atom stereocenters. The van der Waals surface area contributed by atoms with Crippen LogP contribution in [0.4, 0.5) is 0 Å². The summed E-state index contributed by atoms with van der Waals surface area (Å²) in [4.78, 5) is 25.0. The van der Waals surface area contributed by atoms with E-state index in [0.29, 0.717) is 23.5 Å². The van der Waals surface area contributed by atoms with E-state index in [0.717, 1.165) is 19.3 Å². The number of hydrogen-bond acceptors (Lipinski definition) is 2. The molecule has 0 heterocycles. The van der Waals surface area contributed by atoms with E-state index in [-0.39, 0.29) is 27.9 Å². The zero-order chi connectivity index (χ0) is 18.9. The molecule has 2 heteroatoms. The highest BCUT2D eigenvalue weighted by Crippen LogP contribution is 2.66. The minimum atomic E-state index is -0.236. The third kappa shape index (κ3) is 2.43. The molecule has 0 spiro atoms. The molecular formula is C24H34O2. The molecule has 6 atom stereocenters. The Hall–Kier alpha value is -1.18. The summed E-state index contributed by atoms with van der Waals surface area (Å²) in [5, 5.41) is 0. The topological polar surface area (TPSA) is 34.1 Å². The Morgan fingerprint density at radius 1 is 1.08 bits per heavy atom. The predicted octanol–water partition coefficient (Wildman–Crippen LogP) is 5.53. The van der Waals surface area contributed by atoms with Gasteiger partial charge in [-0.15, -0.1) is 0 Å². The first-order valence-corrected chi connectivity index (χ1v) is 10.6. The SMILES string of the molecule is CC(C)(C)C(=O)[C@H]1CC[C@H]2[C@@H]3CCC4=CC(=O)C=C[C@]4(C)[C@H]3CC[C@]12C. The fourth-order valence-corrected chi connectivity index (χ4v) is 7.15. The first-order valence-electron chi connectivity index (χ1n) is 10.6. The van der Waals surface area contributed by atoms with Crippen LogP contribution in [0.2, 0.25) is 0 Å². The molecule has 3 fully saturated rings. The van der Waals surface area contributed by atoms with Crippen molar-refractivity contribution in [2.24, 2.45) is 39.9 Å². The van der Waals surface area contributed by atoms with Crippen LogP contribution in [-0.4, -0.2) is 11.6 Å². The van der Waals surface area contributed by atoms with Gasteiger partial charge in [0, 0.05) is 16.7 Å². The van der Waals surface area contributed by atoms with Crippen LogP contribution in [0.15, 0.2) is 23.8 Å². The summed E-state index contributed by atoms with van der Waals surface area (Å²) in [5.74, 6) is 2.88. The Kier molecular flexibility index (Phi) is 3.96. The first kappa shape index (κ1) is 18.2. The van der Waals surface area contributed by atoms with Crippen LogP contribution in [0.5, 0.6) is 0 Å². The van der Waals surface area contributed by atoms with Crippen LogP contribution in [0, 0.1) is 39.9 Å². The van der Waals surface area contributed by atoms with Crippen LogP contribution in [-0.2, 0) is 9.59 Å². The number of allylic oxidation sites excluding steroid dienone is 4. The number of carbonyl (C=O) groups excluding carboxylic acids is 2. The number of ketones is 2. The van der Waals surface area contributed by atoms with Crippen molar-refractivity contribution < 1.29 is 9.59 Å². The monoisotopic (exact) mass is 354 g/mol. The molecule has 4 aliphatic carbocycles. The third-order valence-corrected chi connectivity index (χ3v) is 8.61. The van der Waals surface area contributed by atoms with Crippen molar-refractivity contribution in [1.82, 2.24) is 0 Å². The van der Waals surface area contributed by atoms with Gasteiger partial charge >= 0.3 is 0 Å². The number of Topliss-reactive ketones (excluding diaryl/α,β-unsaturated/α-hetero) is 1. The lowest BCUT2D eigenvalue weighted by molar-refractivity contribution is -0.137. The lowest BCUT2D eigenvalue weighted by Crippen LogP contribution is -2.51. The zero-order valence-corrected chi connectivity index (χ0v) is 17.1. The van der Waals surface area contributed by atoms with E-state index >= 15 is 0 Å². The summed E-state index contributed by atoms with van der Waals surface area (Å²) in [6.45, 7) is 11.0. The maximum atomic E-state index is 13.2. The van der Waals surface area contributed by atoms with Crippen LogP contribution >= 0.6 is 0 Å². The second-order valence-electron chi connectivity index (χ2n) is 10.9. The second-order valence-corrected chi connectivity index (χ2v) is 10.9. The van der Waals surface area contributed by atoms with E-state index in [4.69, 9.17) is 0 Å².